The minimum atomic E-state index is -0.488. The maximum Gasteiger partial charge on any atom is 0.254 e. The van der Waals surface area contributed by atoms with E-state index in [4.69, 9.17) is 0 Å². The summed E-state index contributed by atoms with van der Waals surface area (Å²) in [6.07, 6.45) is 10.7. The highest BCUT2D eigenvalue weighted by atomic mass is 32.2. The monoisotopic (exact) mass is 550 g/mol. The van der Waals surface area contributed by atoms with Crippen LogP contribution in [0.3, 0.4) is 0 Å². The van der Waals surface area contributed by atoms with Crippen LogP contribution in [0.5, 0.6) is 0 Å². The Hall–Kier alpha value is -3.31. The molecule has 2 aliphatic rings. The molecule has 4 aromatic heterocycles. The fraction of sp³-hybridized carbons (Fsp3) is 0.333. The maximum absolute atomic E-state index is 12.7. The molecule has 0 fully saturated rings. The predicted octanol–water partition coefficient (Wildman–Crippen LogP) is 4.34. The summed E-state index contributed by atoms with van der Waals surface area (Å²) >= 11 is 2.99. The third-order valence-corrected chi connectivity index (χ3v) is 8.20. The molecule has 196 valence electrons. The van der Waals surface area contributed by atoms with Gasteiger partial charge in [-0.25, -0.2) is 15.0 Å². The van der Waals surface area contributed by atoms with Crippen LogP contribution in [0, 0.1) is 12.9 Å². The molecule has 4 aromatic rings. The Balaban J connectivity index is 0.000000155. The Bertz CT molecular complexity index is 1550. The van der Waals surface area contributed by atoms with Crippen LogP contribution >= 0.6 is 23.5 Å². The van der Waals surface area contributed by atoms with Gasteiger partial charge >= 0.3 is 0 Å². The number of nitrogens with zero attached hydrogens (tertiary/aromatic N) is 4. The fourth-order valence-corrected chi connectivity index (χ4v) is 6.08. The Kier molecular flexibility index (Phi) is 8.33. The first-order chi connectivity index (χ1) is 18.4. The summed E-state index contributed by atoms with van der Waals surface area (Å²) in [4.78, 5) is 46.1. The highest BCUT2D eigenvalue weighted by Crippen LogP contribution is 2.23. The molecular weight excluding hydrogens is 523 g/mol. The summed E-state index contributed by atoms with van der Waals surface area (Å²) in [6.45, 7) is 2.02. The van der Waals surface area contributed by atoms with Gasteiger partial charge in [0.1, 0.15) is 0 Å². The van der Waals surface area contributed by atoms with Crippen molar-refractivity contribution in [2.24, 2.45) is 0 Å². The highest BCUT2D eigenvalue weighted by Gasteiger charge is 2.18. The number of hydrogen-bond donors (Lipinski definition) is 2. The van der Waals surface area contributed by atoms with Crippen LogP contribution in [-0.2, 0) is 37.2 Å². The lowest BCUT2D eigenvalue weighted by atomic mass is 10.2. The van der Waals surface area contributed by atoms with E-state index in [1.807, 2.05) is 19.3 Å². The fourth-order valence-electron chi connectivity index (χ4n) is 4.47. The van der Waals surface area contributed by atoms with E-state index in [-0.39, 0.29) is 11.1 Å². The van der Waals surface area contributed by atoms with E-state index in [1.54, 1.807) is 17.8 Å². The average Bonchev–Trinajstić information content (AvgIpc) is 3.58. The second kappa shape index (κ2) is 12.0. The number of nitrogens with one attached hydrogen (secondary N) is 2. The standard InChI is InChI=1S/C14H15N3OS.C13H12FN3OS/c1-9-5-10(7-15-6-9)8-19-14-16-12-4-2-3-11(12)13(18)17-14;14-11-5-4-8(6-15-11)7-19-13-16-10-3-1-2-9(10)12(18)17-13/h5-7H,2-4,8H2,1H3,(H,16,17,18);4-6H,1-3,7H2,(H,16,17,18). The molecule has 0 saturated heterocycles. The van der Waals surface area contributed by atoms with Crippen LogP contribution in [0.4, 0.5) is 4.39 Å². The molecule has 8 nitrogen and oxygen atoms in total. The van der Waals surface area contributed by atoms with Crippen LogP contribution in [0.2, 0.25) is 0 Å². The Morgan fingerprint density at radius 3 is 1.97 bits per heavy atom. The molecule has 4 heterocycles. The van der Waals surface area contributed by atoms with Crippen LogP contribution in [-0.4, -0.2) is 29.9 Å². The van der Waals surface area contributed by atoms with E-state index in [2.05, 4.69) is 36.0 Å². The number of thioether (sulfide) groups is 2. The molecule has 11 heteroatoms. The van der Waals surface area contributed by atoms with Crippen molar-refractivity contribution in [2.45, 2.75) is 67.3 Å². The molecule has 0 atom stereocenters. The van der Waals surface area contributed by atoms with Crippen LogP contribution < -0.4 is 11.1 Å². The topological polar surface area (TPSA) is 117 Å². The Labute approximate surface area is 227 Å². The van der Waals surface area contributed by atoms with Crippen LogP contribution in [0.1, 0.15) is 52.0 Å². The molecule has 0 amide bonds. The van der Waals surface area contributed by atoms with Gasteiger partial charge < -0.3 is 9.97 Å². The summed E-state index contributed by atoms with van der Waals surface area (Å²) in [5, 5.41) is 1.34. The molecule has 0 aromatic carbocycles. The first kappa shape index (κ1) is 26.3. The highest BCUT2D eigenvalue weighted by molar-refractivity contribution is 7.98. The number of H-pyrrole nitrogens is 2. The molecule has 0 aliphatic heterocycles. The number of hydrogen-bond acceptors (Lipinski definition) is 8. The molecule has 0 saturated carbocycles. The average molecular weight is 551 g/mol. The van der Waals surface area contributed by atoms with Crippen molar-refractivity contribution in [3.8, 4) is 0 Å². The van der Waals surface area contributed by atoms with Crippen molar-refractivity contribution in [1.29, 1.82) is 0 Å². The van der Waals surface area contributed by atoms with Crippen molar-refractivity contribution in [3.63, 3.8) is 0 Å². The smallest absolute Gasteiger partial charge is 0.254 e. The molecule has 2 aliphatic carbocycles. The van der Waals surface area contributed by atoms with E-state index < -0.39 is 5.95 Å². The zero-order chi connectivity index (χ0) is 26.5. The van der Waals surface area contributed by atoms with E-state index in [0.717, 1.165) is 83.5 Å². The molecular formula is C27H27FN6O2S2. The van der Waals surface area contributed by atoms with Gasteiger partial charge in [0.05, 0.1) is 11.4 Å². The molecule has 0 unspecified atom stereocenters. The lowest BCUT2D eigenvalue weighted by Gasteiger charge is -2.04. The number of rotatable bonds is 6. The lowest BCUT2D eigenvalue weighted by Crippen LogP contribution is -2.14. The number of fused-ring (bicyclic) bond motifs is 2. The first-order valence-corrected chi connectivity index (χ1v) is 14.4. The molecule has 6 rings (SSSR count). The molecule has 2 N–H and O–H groups in total. The van der Waals surface area contributed by atoms with Crippen molar-refractivity contribution in [1.82, 2.24) is 29.9 Å². The molecule has 0 spiro atoms. The minimum absolute atomic E-state index is 0.0257. The first-order valence-electron chi connectivity index (χ1n) is 12.5. The van der Waals surface area contributed by atoms with E-state index in [9.17, 15) is 14.0 Å². The largest absolute Gasteiger partial charge is 0.301 e. The second-order valence-corrected chi connectivity index (χ2v) is 11.2. The quantitative estimate of drug-likeness (QED) is 0.207. The number of halogens is 1. The van der Waals surface area contributed by atoms with Crippen molar-refractivity contribution < 1.29 is 4.39 Å². The second-order valence-electron chi connectivity index (χ2n) is 9.24. The van der Waals surface area contributed by atoms with E-state index in [1.165, 1.54) is 24.0 Å². The van der Waals surface area contributed by atoms with Gasteiger partial charge in [-0.1, -0.05) is 35.7 Å². The van der Waals surface area contributed by atoms with Gasteiger partial charge in [-0.3, -0.25) is 14.6 Å². The zero-order valence-corrected chi connectivity index (χ0v) is 22.6. The zero-order valence-electron chi connectivity index (χ0n) is 20.9. The number of aromatic nitrogens is 6. The summed E-state index contributed by atoms with van der Waals surface area (Å²) in [6, 6.07) is 5.11. The van der Waals surface area contributed by atoms with E-state index >= 15 is 0 Å². The third kappa shape index (κ3) is 6.57. The number of aryl methyl sites for hydroxylation is 3. The van der Waals surface area contributed by atoms with Crippen molar-refractivity contribution >= 4 is 23.5 Å². The SMILES string of the molecule is Cc1cncc(CSc2nc3c(c(=O)[nH]2)CCC3)c1.O=c1[nH]c(SCc2ccc(F)nc2)nc2c1CCC2. The molecule has 38 heavy (non-hydrogen) atoms. The van der Waals surface area contributed by atoms with Crippen LogP contribution in [0.15, 0.2) is 56.7 Å². The summed E-state index contributed by atoms with van der Waals surface area (Å²) < 4.78 is 12.7. The Morgan fingerprint density at radius 1 is 0.816 bits per heavy atom. The van der Waals surface area contributed by atoms with Crippen LogP contribution in [0.25, 0.3) is 0 Å². The minimum Gasteiger partial charge on any atom is -0.301 e. The number of aromatic amines is 2. The maximum atomic E-state index is 12.7. The Morgan fingerprint density at radius 2 is 1.42 bits per heavy atom. The van der Waals surface area contributed by atoms with Gasteiger partial charge in [-0.05, 0) is 68.2 Å². The summed E-state index contributed by atoms with van der Waals surface area (Å²) in [7, 11) is 0. The lowest BCUT2D eigenvalue weighted by molar-refractivity contribution is 0.583. The van der Waals surface area contributed by atoms with Gasteiger partial charge in [-0.15, -0.1) is 0 Å². The summed E-state index contributed by atoms with van der Waals surface area (Å²) in [5.41, 5.74) is 6.80. The molecule has 0 bridgehead atoms. The molecule has 0 radical (unpaired) electrons. The van der Waals surface area contributed by atoms with Crippen molar-refractivity contribution in [2.75, 3.05) is 0 Å². The van der Waals surface area contributed by atoms with Gasteiger partial charge in [-0.2, -0.15) is 4.39 Å². The van der Waals surface area contributed by atoms with E-state index in [0.29, 0.717) is 16.1 Å². The van der Waals surface area contributed by atoms with Gasteiger partial charge in [0.2, 0.25) is 5.95 Å². The summed E-state index contributed by atoms with van der Waals surface area (Å²) in [5.74, 6) is 0.892. The van der Waals surface area contributed by atoms with Gasteiger partial charge in [0.15, 0.2) is 10.3 Å². The normalized spacial score (nSPS) is 13.5. The van der Waals surface area contributed by atoms with Gasteiger partial charge in [0.25, 0.3) is 11.1 Å². The predicted molar refractivity (Wildman–Crippen MR) is 146 cm³/mol. The third-order valence-electron chi connectivity index (χ3n) is 6.31. The van der Waals surface area contributed by atoms with Gasteiger partial charge in [0, 0.05) is 41.2 Å². The number of pyridine rings is 2. The van der Waals surface area contributed by atoms with Crippen molar-refractivity contribution in [3.05, 3.63) is 103 Å².